The second-order valence-corrected chi connectivity index (χ2v) is 5.81. The minimum Gasteiger partial charge on any atom is -0.398 e. The first-order valence-electron chi connectivity index (χ1n) is 6.19. The fourth-order valence-corrected chi connectivity index (χ4v) is 2.38. The standard InChI is InChI=1S/C13H18F3N3OS/c1-19(2)5-6-21-8-12(20)18-9-3-4-11(17)10(7-9)13(14,15)16/h3-4,7H,5-6,8,17H2,1-2H3,(H,18,20). The minimum atomic E-state index is -4.54. The van der Waals surface area contributed by atoms with Crippen molar-refractivity contribution < 1.29 is 18.0 Å². The van der Waals surface area contributed by atoms with E-state index in [1.54, 1.807) is 0 Å². The van der Waals surface area contributed by atoms with Gasteiger partial charge in [0.2, 0.25) is 5.91 Å². The molecule has 1 aromatic carbocycles. The van der Waals surface area contributed by atoms with Gasteiger partial charge in [0, 0.05) is 23.7 Å². The van der Waals surface area contributed by atoms with Gasteiger partial charge < -0.3 is 16.0 Å². The highest BCUT2D eigenvalue weighted by Crippen LogP contribution is 2.35. The molecule has 0 aromatic heterocycles. The first kappa shape index (κ1) is 17.6. The van der Waals surface area contributed by atoms with E-state index in [-0.39, 0.29) is 23.0 Å². The predicted octanol–water partition coefficient (Wildman–Crippen LogP) is 2.52. The fourth-order valence-electron chi connectivity index (χ4n) is 1.49. The molecule has 0 fully saturated rings. The molecule has 1 rings (SSSR count). The Morgan fingerprint density at radius 3 is 2.62 bits per heavy atom. The Balaban J connectivity index is 2.57. The second-order valence-electron chi connectivity index (χ2n) is 4.70. The molecule has 0 bridgehead atoms. The molecule has 118 valence electrons. The first-order valence-corrected chi connectivity index (χ1v) is 7.34. The van der Waals surface area contributed by atoms with E-state index in [2.05, 4.69) is 5.32 Å². The molecule has 0 aliphatic carbocycles. The average molecular weight is 321 g/mol. The average Bonchev–Trinajstić information content (AvgIpc) is 2.35. The molecule has 0 aliphatic heterocycles. The highest BCUT2D eigenvalue weighted by atomic mass is 32.2. The van der Waals surface area contributed by atoms with Gasteiger partial charge in [0.15, 0.2) is 0 Å². The monoisotopic (exact) mass is 321 g/mol. The van der Waals surface area contributed by atoms with Gasteiger partial charge >= 0.3 is 6.18 Å². The van der Waals surface area contributed by atoms with Crippen molar-refractivity contribution in [3.05, 3.63) is 23.8 Å². The summed E-state index contributed by atoms with van der Waals surface area (Å²) in [5.41, 5.74) is 4.08. The number of nitrogens with two attached hydrogens (primary N) is 1. The molecule has 4 nitrogen and oxygen atoms in total. The van der Waals surface area contributed by atoms with Crippen molar-refractivity contribution in [2.75, 3.05) is 43.2 Å². The van der Waals surface area contributed by atoms with Crippen LogP contribution in [0.5, 0.6) is 0 Å². The number of nitrogens with one attached hydrogen (secondary N) is 1. The zero-order valence-electron chi connectivity index (χ0n) is 11.8. The van der Waals surface area contributed by atoms with Crippen LogP contribution in [0.25, 0.3) is 0 Å². The van der Waals surface area contributed by atoms with Crippen molar-refractivity contribution in [3.63, 3.8) is 0 Å². The highest BCUT2D eigenvalue weighted by molar-refractivity contribution is 7.99. The lowest BCUT2D eigenvalue weighted by Gasteiger charge is -2.12. The van der Waals surface area contributed by atoms with Crippen LogP contribution in [0, 0.1) is 0 Å². The molecular formula is C13H18F3N3OS. The van der Waals surface area contributed by atoms with Crippen LogP contribution in [-0.4, -0.2) is 43.0 Å². The SMILES string of the molecule is CN(C)CCSCC(=O)Nc1ccc(N)c(C(F)(F)F)c1. The van der Waals surface area contributed by atoms with E-state index in [1.165, 1.54) is 17.8 Å². The summed E-state index contributed by atoms with van der Waals surface area (Å²) >= 11 is 1.42. The van der Waals surface area contributed by atoms with Crippen molar-refractivity contribution >= 4 is 29.0 Å². The van der Waals surface area contributed by atoms with E-state index >= 15 is 0 Å². The van der Waals surface area contributed by atoms with E-state index in [0.717, 1.165) is 24.4 Å². The first-order chi connectivity index (χ1) is 9.70. The van der Waals surface area contributed by atoms with Crippen LogP contribution >= 0.6 is 11.8 Å². The van der Waals surface area contributed by atoms with Crippen LogP contribution in [0.4, 0.5) is 24.5 Å². The number of anilines is 2. The number of hydrogen-bond acceptors (Lipinski definition) is 4. The molecule has 0 saturated carbocycles. The van der Waals surface area contributed by atoms with Crippen molar-refractivity contribution in [1.29, 1.82) is 0 Å². The summed E-state index contributed by atoms with van der Waals surface area (Å²) in [4.78, 5) is 13.6. The molecule has 0 saturated heterocycles. The maximum absolute atomic E-state index is 12.7. The molecular weight excluding hydrogens is 303 g/mol. The van der Waals surface area contributed by atoms with Crippen LogP contribution in [0.15, 0.2) is 18.2 Å². The molecule has 21 heavy (non-hydrogen) atoms. The molecule has 1 amide bonds. The lowest BCUT2D eigenvalue weighted by atomic mass is 10.1. The predicted molar refractivity (Wildman–Crippen MR) is 80.4 cm³/mol. The molecule has 0 aliphatic rings. The second kappa shape index (κ2) is 7.56. The molecule has 1 aromatic rings. The van der Waals surface area contributed by atoms with E-state index in [4.69, 9.17) is 5.73 Å². The number of alkyl halides is 3. The van der Waals surface area contributed by atoms with Crippen LogP contribution in [0.3, 0.4) is 0 Å². The normalized spacial score (nSPS) is 11.7. The van der Waals surface area contributed by atoms with E-state index < -0.39 is 11.7 Å². The topological polar surface area (TPSA) is 58.4 Å². The van der Waals surface area contributed by atoms with Gasteiger partial charge in [-0.05, 0) is 32.3 Å². The third-order valence-corrected chi connectivity index (χ3v) is 3.50. The Kier molecular flexibility index (Phi) is 6.35. The summed E-state index contributed by atoms with van der Waals surface area (Å²) in [7, 11) is 3.85. The number of nitrogen functional groups attached to an aromatic ring is 1. The van der Waals surface area contributed by atoms with Crippen LogP contribution in [0.1, 0.15) is 5.56 Å². The number of carbonyl (C=O) groups is 1. The van der Waals surface area contributed by atoms with Crippen molar-refractivity contribution in [1.82, 2.24) is 4.90 Å². The Labute approximate surface area is 125 Å². The Hall–Kier alpha value is -1.41. The lowest BCUT2D eigenvalue weighted by molar-refractivity contribution is -0.136. The number of nitrogens with zero attached hydrogens (tertiary/aromatic N) is 1. The van der Waals surface area contributed by atoms with Gasteiger partial charge in [-0.15, -0.1) is 0 Å². The molecule has 0 unspecified atom stereocenters. The summed E-state index contributed by atoms with van der Waals surface area (Å²) in [6.07, 6.45) is -4.54. The Bertz CT molecular complexity index is 492. The Morgan fingerprint density at radius 1 is 1.38 bits per heavy atom. The fraction of sp³-hybridized carbons (Fsp3) is 0.462. The quantitative estimate of drug-likeness (QED) is 0.624. The van der Waals surface area contributed by atoms with Gasteiger partial charge in [-0.2, -0.15) is 24.9 Å². The van der Waals surface area contributed by atoms with Crippen molar-refractivity contribution in [2.45, 2.75) is 6.18 Å². The van der Waals surface area contributed by atoms with Crippen molar-refractivity contribution in [3.8, 4) is 0 Å². The van der Waals surface area contributed by atoms with Gasteiger partial charge in [-0.1, -0.05) is 0 Å². The minimum absolute atomic E-state index is 0.0923. The summed E-state index contributed by atoms with van der Waals surface area (Å²) in [6, 6.07) is 3.34. The van der Waals surface area contributed by atoms with Gasteiger partial charge in [0.05, 0.1) is 11.3 Å². The summed E-state index contributed by atoms with van der Waals surface area (Å²) in [5, 5.41) is 2.44. The third kappa shape index (κ3) is 6.26. The molecule has 0 radical (unpaired) electrons. The molecule has 8 heteroatoms. The maximum Gasteiger partial charge on any atom is 0.418 e. The number of thioether (sulfide) groups is 1. The van der Waals surface area contributed by atoms with Crippen molar-refractivity contribution in [2.24, 2.45) is 0 Å². The van der Waals surface area contributed by atoms with Crippen LogP contribution < -0.4 is 11.1 Å². The number of amides is 1. The Morgan fingerprint density at radius 2 is 2.05 bits per heavy atom. The number of benzene rings is 1. The molecule has 0 atom stereocenters. The van der Waals surface area contributed by atoms with Gasteiger partial charge in [0.1, 0.15) is 0 Å². The number of halogens is 3. The molecule has 0 spiro atoms. The summed E-state index contributed by atoms with van der Waals surface area (Å²) in [6.45, 7) is 0.831. The lowest BCUT2D eigenvalue weighted by Crippen LogP contribution is -2.18. The smallest absolute Gasteiger partial charge is 0.398 e. The van der Waals surface area contributed by atoms with E-state index in [0.29, 0.717) is 0 Å². The van der Waals surface area contributed by atoms with E-state index in [1.807, 2.05) is 19.0 Å². The summed E-state index contributed by atoms with van der Waals surface area (Å²) < 4.78 is 38.1. The largest absolute Gasteiger partial charge is 0.418 e. The summed E-state index contributed by atoms with van der Waals surface area (Å²) in [5.74, 6) is 0.631. The zero-order chi connectivity index (χ0) is 16.0. The third-order valence-electron chi connectivity index (χ3n) is 2.56. The number of carbonyl (C=O) groups excluding carboxylic acids is 1. The molecule has 3 N–H and O–H groups in total. The highest BCUT2D eigenvalue weighted by Gasteiger charge is 2.33. The number of rotatable bonds is 6. The van der Waals surface area contributed by atoms with Crippen LogP contribution in [-0.2, 0) is 11.0 Å². The number of hydrogen-bond donors (Lipinski definition) is 2. The maximum atomic E-state index is 12.7. The zero-order valence-corrected chi connectivity index (χ0v) is 12.6. The molecule has 0 heterocycles. The van der Waals surface area contributed by atoms with Crippen LogP contribution in [0.2, 0.25) is 0 Å². The van der Waals surface area contributed by atoms with Gasteiger partial charge in [0.25, 0.3) is 0 Å². The van der Waals surface area contributed by atoms with Gasteiger partial charge in [-0.3, -0.25) is 4.79 Å². The van der Waals surface area contributed by atoms with Gasteiger partial charge in [-0.25, -0.2) is 0 Å². The van der Waals surface area contributed by atoms with E-state index in [9.17, 15) is 18.0 Å².